The SMILES string of the molecule is COC(=O)c1ccccc1-n1cccc1C1C(c2ccccn2)NC(=S)N1CC(C)C. The molecule has 2 aromatic heterocycles. The zero-order valence-corrected chi connectivity index (χ0v) is 18.7. The van der Waals surface area contributed by atoms with Crippen molar-refractivity contribution in [1.29, 1.82) is 0 Å². The van der Waals surface area contributed by atoms with E-state index >= 15 is 0 Å². The lowest BCUT2D eigenvalue weighted by Gasteiger charge is -2.30. The van der Waals surface area contributed by atoms with Crippen LogP contribution in [0.3, 0.4) is 0 Å². The fourth-order valence-corrected chi connectivity index (χ4v) is 4.45. The number of pyridine rings is 1. The first-order chi connectivity index (χ1) is 15.0. The number of aromatic nitrogens is 2. The van der Waals surface area contributed by atoms with Crippen LogP contribution in [0.5, 0.6) is 0 Å². The summed E-state index contributed by atoms with van der Waals surface area (Å²) in [4.78, 5) is 19.2. The van der Waals surface area contributed by atoms with Crippen LogP contribution >= 0.6 is 12.2 Å². The predicted molar refractivity (Wildman–Crippen MR) is 124 cm³/mol. The molecule has 0 bridgehead atoms. The van der Waals surface area contributed by atoms with Gasteiger partial charge in [-0.15, -0.1) is 0 Å². The number of carbonyl (C=O) groups excluding carboxylic acids is 1. The molecule has 7 heteroatoms. The molecule has 0 spiro atoms. The maximum absolute atomic E-state index is 12.4. The second-order valence-corrected chi connectivity index (χ2v) is 8.37. The molecule has 3 aromatic rings. The Morgan fingerprint density at radius 3 is 2.65 bits per heavy atom. The Balaban J connectivity index is 1.85. The van der Waals surface area contributed by atoms with E-state index < -0.39 is 0 Å². The van der Waals surface area contributed by atoms with Crippen LogP contribution in [0.15, 0.2) is 67.0 Å². The molecule has 31 heavy (non-hydrogen) atoms. The Hall–Kier alpha value is -3.19. The van der Waals surface area contributed by atoms with Gasteiger partial charge in [0.25, 0.3) is 0 Å². The Morgan fingerprint density at radius 2 is 1.94 bits per heavy atom. The number of hydrogen-bond donors (Lipinski definition) is 1. The molecule has 0 aliphatic carbocycles. The van der Waals surface area contributed by atoms with Gasteiger partial charge in [0.15, 0.2) is 5.11 Å². The molecule has 1 aliphatic rings. The largest absolute Gasteiger partial charge is 0.465 e. The molecule has 6 nitrogen and oxygen atoms in total. The number of rotatable bonds is 6. The van der Waals surface area contributed by atoms with Crippen molar-refractivity contribution in [2.24, 2.45) is 5.92 Å². The van der Waals surface area contributed by atoms with Crippen LogP contribution in [0.1, 0.15) is 47.7 Å². The van der Waals surface area contributed by atoms with Crippen molar-refractivity contribution in [2.45, 2.75) is 25.9 Å². The molecule has 4 rings (SSSR count). The van der Waals surface area contributed by atoms with Gasteiger partial charge in [-0.25, -0.2) is 4.79 Å². The average molecular weight is 435 g/mol. The average Bonchev–Trinajstić information content (AvgIpc) is 3.38. The number of nitrogens with one attached hydrogen (secondary N) is 1. The van der Waals surface area contributed by atoms with E-state index in [4.69, 9.17) is 17.0 Å². The highest BCUT2D eigenvalue weighted by molar-refractivity contribution is 7.80. The fourth-order valence-electron chi connectivity index (χ4n) is 4.14. The smallest absolute Gasteiger partial charge is 0.339 e. The van der Waals surface area contributed by atoms with Gasteiger partial charge in [-0.3, -0.25) is 4.98 Å². The summed E-state index contributed by atoms with van der Waals surface area (Å²) >= 11 is 5.74. The molecule has 3 heterocycles. The van der Waals surface area contributed by atoms with Gasteiger partial charge in [-0.2, -0.15) is 0 Å². The van der Waals surface area contributed by atoms with Gasteiger partial charge in [0.05, 0.1) is 36.1 Å². The molecule has 0 saturated carbocycles. The summed E-state index contributed by atoms with van der Waals surface area (Å²) in [5.74, 6) is 0.0612. The monoisotopic (exact) mass is 434 g/mol. The van der Waals surface area contributed by atoms with Gasteiger partial charge < -0.3 is 19.5 Å². The van der Waals surface area contributed by atoms with Crippen molar-refractivity contribution in [3.05, 3.63) is 83.9 Å². The summed E-state index contributed by atoms with van der Waals surface area (Å²) in [6.07, 6.45) is 3.77. The highest BCUT2D eigenvalue weighted by atomic mass is 32.1. The minimum Gasteiger partial charge on any atom is -0.465 e. The zero-order valence-electron chi connectivity index (χ0n) is 17.9. The highest BCUT2D eigenvalue weighted by Gasteiger charge is 2.41. The molecule has 2 unspecified atom stereocenters. The summed E-state index contributed by atoms with van der Waals surface area (Å²) in [5, 5.41) is 4.19. The van der Waals surface area contributed by atoms with E-state index in [1.807, 2.05) is 48.7 Å². The first kappa shape index (κ1) is 21.1. The predicted octanol–water partition coefficient (Wildman–Crippen LogP) is 4.29. The molecule has 1 N–H and O–H groups in total. The number of methoxy groups -OCH3 is 1. The lowest BCUT2D eigenvalue weighted by molar-refractivity contribution is 0.0600. The van der Waals surface area contributed by atoms with Crippen molar-refractivity contribution in [1.82, 2.24) is 19.8 Å². The third kappa shape index (κ3) is 4.05. The number of nitrogens with zero attached hydrogens (tertiary/aromatic N) is 3. The number of para-hydroxylation sites is 1. The van der Waals surface area contributed by atoms with Crippen LogP contribution in [0.25, 0.3) is 5.69 Å². The molecular weight excluding hydrogens is 408 g/mol. The summed E-state index contributed by atoms with van der Waals surface area (Å²) in [6.45, 7) is 5.17. The standard InChI is InChI=1S/C24H26N4O2S/c1-16(2)15-28-22(21(26-24(28)31)18-10-6-7-13-25-18)20-12-8-14-27(20)19-11-5-4-9-17(19)23(29)30-3/h4-14,16,21-22H,15H2,1-3H3,(H,26,31). The lowest BCUT2D eigenvalue weighted by Crippen LogP contribution is -2.33. The van der Waals surface area contributed by atoms with E-state index in [1.54, 1.807) is 12.3 Å². The zero-order chi connectivity index (χ0) is 22.0. The van der Waals surface area contributed by atoms with Gasteiger partial charge in [0.1, 0.15) is 0 Å². The van der Waals surface area contributed by atoms with Crippen molar-refractivity contribution in [2.75, 3.05) is 13.7 Å². The van der Waals surface area contributed by atoms with Crippen LogP contribution in [0.4, 0.5) is 0 Å². The Morgan fingerprint density at radius 1 is 1.16 bits per heavy atom. The molecule has 160 valence electrons. The number of benzene rings is 1. The van der Waals surface area contributed by atoms with Gasteiger partial charge >= 0.3 is 5.97 Å². The third-order valence-corrected chi connectivity index (χ3v) is 5.76. The van der Waals surface area contributed by atoms with E-state index in [0.717, 1.165) is 23.6 Å². The number of esters is 1. The van der Waals surface area contributed by atoms with E-state index in [1.165, 1.54) is 7.11 Å². The summed E-state index contributed by atoms with van der Waals surface area (Å²) in [6, 6.07) is 17.3. The maximum atomic E-state index is 12.4. The quantitative estimate of drug-likeness (QED) is 0.461. The van der Waals surface area contributed by atoms with Crippen LogP contribution in [0.2, 0.25) is 0 Å². The lowest BCUT2D eigenvalue weighted by atomic mass is 10.00. The molecule has 1 aromatic carbocycles. The first-order valence-corrected chi connectivity index (χ1v) is 10.7. The van der Waals surface area contributed by atoms with Gasteiger partial charge in [0.2, 0.25) is 0 Å². The second kappa shape index (κ2) is 8.89. The number of carbonyl (C=O) groups is 1. The van der Waals surface area contributed by atoms with Gasteiger partial charge in [-0.05, 0) is 54.5 Å². The molecule has 1 aliphatic heterocycles. The van der Waals surface area contributed by atoms with Crippen LogP contribution < -0.4 is 5.32 Å². The molecule has 0 amide bonds. The van der Waals surface area contributed by atoms with E-state index in [-0.39, 0.29) is 18.1 Å². The van der Waals surface area contributed by atoms with Gasteiger partial charge in [0, 0.05) is 24.6 Å². The van der Waals surface area contributed by atoms with Crippen molar-refractivity contribution >= 4 is 23.3 Å². The summed E-state index contributed by atoms with van der Waals surface area (Å²) in [5.41, 5.74) is 3.24. The normalized spacial score (nSPS) is 18.3. The van der Waals surface area contributed by atoms with Gasteiger partial charge in [-0.1, -0.05) is 32.0 Å². The highest BCUT2D eigenvalue weighted by Crippen LogP contribution is 2.40. The minimum absolute atomic E-state index is 0.0782. The summed E-state index contributed by atoms with van der Waals surface area (Å²) in [7, 11) is 1.40. The Bertz CT molecular complexity index is 1080. The van der Waals surface area contributed by atoms with E-state index in [0.29, 0.717) is 16.6 Å². The van der Waals surface area contributed by atoms with Crippen molar-refractivity contribution in [3.63, 3.8) is 0 Å². The second-order valence-electron chi connectivity index (χ2n) is 7.98. The third-order valence-electron chi connectivity index (χ3n) is 5.41. The van der Waals surface area contributed by atoms with Crippen molar-refractivity contribution in [3.8, 4) is 5.69 Å². The summed E-state index contributed by atoms with van der Waals surface area (Å²) < 4.78 is 7.07. The first-order valence-electron chi connectivity index (χ1n) is 10.3. The fraction of sp³-hybridized carbons (Fsp3) is 0.292. The Labute approximate surface area is 187 Å². The molecule has 1 fully saturated rings. The molecule has 1 saturated heterocycles. The molecule has 0 radical (unpaired) electrons. The minimum atomic E-state index is -0.365. The van der Waals surface area contributed by atoms with Crippen molar-refractivity contribution < 1.29 is 9.53 Å². The number of hydrogen-bond acceptors (Lipinski definition) is 4. The number of thiocarbonyl (C=S) groups is 1. The van der Waals surface area contributed by atoms with E-state index in [9.17, 15) is 4.79 Å². The molecule has 2 atom stereocenters. The van der Waals surface area contributed by atoms with Crippen LogP contribution in [0, 0.1) is 5.92 Å². The Kier molecular flexibility index (Phi) is 6.04. The van der Waals surface area contributed by atoms with E-state index in [2.05, 4.69) is 39.7 Å². The number of ether oxygens (including phenoxy) is 1. The van der Waals surface area contributed by atoms with Crippen LogP contribution in [-0.4, -0.2) is 39.2 Å². The maximum Gasteiger partial charge on any atom is 0.339 e. The van der Waals surface area contributed by atoms with Crippen LogP contribution in [-0.2, 0) is 4.74 Å². The topological polar surface area (TPSA) is 59.4 Å². The molecular formula is C24H26N4O2S.